The second kappa shape index (κ2) is 7.39. The Morgan fingerprint density at radius 1 is 1.25 bits per heavy atom. The van der Waals surface area contributed by atoms with E-state index in [9.17, 15) is 26.9 Å². The summed E-state index contributed by atoms with van der Waals surface area (Å²) in [5.74, 6) is -0.756. The van der Waals surface area contributed by atoms with Crippen LogP contribution in [0.2, 0.25) is 0 Å². The molecule has 1 aromatic carbocycles. The summed E-state index contributed by atoms with van der Waals surface area (Å²) in [6.07, 6.45) is -8.44. The minimum atomic E-state index is -4.87. The van der Waals surface area contributed by atoms with Crippen molar-refractivity contribution in [3.63, 3.8) is 0 Å². The Morgan fingerprint density at radius 2 is 1.79 bits per heavy atom. The van der Waals surface area contributed by atoms with Crippen LogP contribution in [0, 0.1) is 5.82 Å². The molecule has 1 aromatic rings. The molecule has 1 rings (SSSR count). The van der Waals surface area contributed by atoms with Crippen molar-refractivity contribution < 1.29 is 26.9 Å². The zero-order valence-corrected chi connectivity index (χ0v) is 16.1. The van der Waals surface area contributed by atoms with Crippen LogP contribution >= 0.6 is 15.9 Å². The molecule has 0 aliphatic heterocycles. The van der Waals surface area contributed by atoms with E-state index in [0.717, 1.165) is 6.07 Å². The molecule has 0 spiro atoms. The second-order valence-electron chi connectivity index (χ2n) is 6.70. The van der Waals surface area contributed by atoms with E-state index in [-0.39, 0.29) is 5.56 Å². The van der Waals surface area contributed by atoms with Gasteiger partial charge in [0.1, 0.15) is 5.82 Å². The van der Waals surface area contributed by atoms with E-state index in [0.29, 0.717) is 4.47 Å². The number of rotatable bonds is 5. The largest absolute Gasteiger partial charge is 0.414 e. The average molecular weight is 434 g/mol. The molecule has 0 aliphatic carbocycles. The molecule has 138 valence electrons. The lowest BCUT2D eigenvalue weighted by atomic mass is 9.87. The number of hydrogen-bond donors (Lipinski definition) is 2. The fourth-order valence-corrected chi connectivity index (χ4v) is 3.26. The Bertz CT molecular complexity index is 618. The number of nitrogens with one attached hydrogen (secondary N) is 1. The lowest BCUT2D eigenvalue weighted by Gasteiger charge is -2.36. The summed E-state index contributed by atoms with van der Waals surface area (Å²) in [6.45, 7) is 6.19. The molecule has 0 aromatic heterocycles. The van der Waals surface area contributed by atoms with Crippen LogP contribution in [-0.2, 0) is 16.5 Å². The van der Waals surface area contributed by atoms with Gasteiger partial charge in [-0.15, -0.1) is 0 Å². The van der Waals surface area contributed by atoms with Gasteiger partial charge in [-0.05, 0) is 45.9 Å². The highest BCUT2D eigenvalue weighted by molar-refractivity contribution is 9.10. The van der Waals surface area contributed by atoms with Crippen LogP contribution in [0.4, 0.5) is 17.6 Å². The Kier molecular flexibility index (Phi) is 6.63. The molecule has 0 fully saturated rings. The zero-order valence-electron chi connectivity index (χ0n) is 13.7. The molecule has 9 heteroatoms. The standard InChI is InChI=1S/C15H20BrF4NO2S/c1-13(2,3)24(23)21-14(4,8-12(22)15(18,19)20)10-7-9(16)5-6-11(10)17/h5-7,12,21-22H,8H2,1-4H3. The van der Waals surface area contributed by atoms with E-state index >= 15 is 0 Å². The van der Waals surface area contributed by atoms with Gasteiger partial charge >= 0.3 is 6.18 Å². The maximum Gasteiger partial charge on any atom is 0.414 e. The van der Waals surface area contributed by atoms with Crippen molar-refractivity contribution in [2.75, 3.05) is 0 Å². The number of aliphatic hydroxyl groups is 1. The molecule has 0 saturated carbocycles. The van der Waals surface area contributed by atoms with E-state index in [1.807, 2.05) is 0 Å². The van der Waals surface area contributed by atoms with Gasteiger partial charge in [0, 0.05) is 16.5 Å². The summed E-state index contributed by atoms with van der Waals surface area (Å²) in [6, 6.07) is 3.81. The van der Waals surface area contributed by atoms with Crippen LogP contribution in [0.5, 0.6) is 0 Å². The first-order valence-corrected chi connectivity index (χ1v) is 9.01. The summed E-state index contributed by atoms with van der Waals surface area (Å²) < 4.78 is 67.2. The van der Waals surface area contributed by atoms with Crippen LogP contribution in [0.25, 0.3) is 0 Å². The van der Waals surface area contributed by atoms with E-state index in [2.05, 4.69) is 20.7 Å². The topological polar surface area (TPSA) is 49.3 Å². The predicted molar refractivity (Wildman–Crippen MR) is 89.2 cm³/mol. The number of halogens is 5. The van der Waals surface area contributed by atoms with Gasteiger partial charge in [0.2, 0.25) is 0 Å². The predicted octanol–water partition coefficient (Wildman–Crippen LogP) is 4.17. The number of aliphatic hydroxyl groups excluding tert-OH is 1. The Balaban J connectivity index is 3.35. The Hall–Kier alpha value is -0.510. The van der Waals surface area contributed by atoms with Crippen LogP contribution in [0.1, 0.15) is 39.7 Å². The average Bonchev–Trinajstić information content (AvgIpc) is 2.39. The van der Waals surface area contributed by atoms with Crippen molar-refractivity contribution in [2.24, 2.45) is 0 Å². The molecule has 0 amide bonds. The van der Waals surface area contributed by atoms with Gasteiger partial charge in [0.25, 0.3) is 0 Å². The Labute approximate surface area is 149 Å². The number of hydrogen-bond acceptors (Lipinski definition) is 2. The molecular formula is C15H20BrF4NO2S. The summed E-state index contributed by atoms with van der Waals surface area (Å²) in [5, 5.41) is 9.46. The lowest BCUT2D eigenvalue weighted by molar-refractivity contribution is -0.209. The smallest absolute Gasteiger partial charge is 0.384 e. The molecule has 0 saturated heterocycles. The third-order valence-electron chi connectivity index (χ3n) is 3.38. The van der Waals surface area contributed by atoms with Crippen molar-refractivity contribution in [1.82, 2.24) is 4.72 Å². The van der Waals surface area contributed by atoms with Gasteiger partial charge < -0.3 is 5.11 Å². The third kappa shape index (κ3) is 5.50. The summed E-state index contributed by atoms with van der Waals surface area (Å²) in [5.41, 5.74) is -1.81. The monoisotopic (exact) mass is 433 g/mol. The third-order valence-corrected chi connectivity index (χ3v) is 5.62. The van der Waals surface area contributed by atoms with E-state index in [4.69, 9.17) is 0 Å². The van der Waals surface area contributed by atoms with Crippen molar-refractivity contribution in [3.05, 3.63) is 34.1 Å². The molecule has 3 atom stereocenters. The first kappa shape index (κ1) is 21.5. The van der Waals surface area contributed by atoms with Gasteiger partial charge in [0.15, 0.2) is 6.10 Å². The van der Waals surface area contributed by atoms with Crippen molar-refractivity contribution in [3.8, 4) is 0 Å². The van der Waals surface area contributed by atoms with Gasteiger partial charge in [-0.2, -0.15) is 13.2 Å². The minimum absolute atomic E-state index is 0.113. The van der Waals surface area contributed by atoms with Crippen molar-refractivity contribution in [2.45, 2.75) is 56.7 Å². The first-order chi connectivity index (χ1) is 10.7. The summed E-state index contributed by atoms with van der Waals surface area (Å²) >= 11 is 3.15. The van der Waals surface area contributed by atoms with Crippen LogP contribution in [-0.4, -0.2) is 26.3 Å². The first-order valence-electron chi connectivity index (χ1n) is 7.07. The normalized spacial score (nSPS) is 18.1. The van der Waals surface area contributed by atoms with Gasteiger partial charge in [-0.1, -0.05) is 15.9 Å². The molecule has 0 aliphatic rings. The maximum atomic E-state index is 14.2. The minimum Gasteiger partial charge on any atom is -0.384 e. The number of alkyl halides is 3. The highest BCUT2D eigenvalue weighted by Gasteiger charge is 2.45. The van der Waals surface area contributed by atoms with Gasteiger partial charge in [0.05, 0.1) is 21.3 Å². The number of benzene rings is 1. The molecule has 2 N–H and O–H groups in total. The van der Waals surface area contributed by atoms with E-state index in [1.54, 1.807) is 20.8 Å². The van der Waals surface area contributed by atoms with Crippen molar-refractivity contribution >= 4 is 26.9 Å². The van der Waals surface area contributed by atoms with Gasteiger partial charge in [-0.25, -0.2) is 13.3 Å². The van der Waals surface area contributed by atoms with E-state index < -0.39 is 45.8 Å². The molecule has 24 heavy (non-hydrogen) atoms. The van der Waals surface area contributed by atoms with Crippen molar-refractivity contribution in [1.29, 1.82) is 0 Å². The highest BCUT2D eigenvalue weighted by Crippen LogP contribution is 2.36. The molecule has 0 heterocycles. The zero-order chi connectivity index (χ0) is 18.9. The lowest BCUT2D eigenvalue weighted by Crippen LogP contribution is -2.50. The fraction of sp³-hybridized carbons (Fsp3) is 0.600. The summed E-state index contributed by atoms with van der Waals surface area (Å²) in [4.78, 5) is 0. The quantitative estimate of drug-likeness (QED) is 0.684. The molecule has 3 nitrogen and oxygen atoms in total. The SMILES string of the molecule is CC(CC(O)C(F)(F)F)(NS(=O)C(C)(C)C)c1cc(Br)ccc1F. The molecule has 0 radical (unpaired) electrons. The van der Waals surface area contributed by atoms with E-state index in [1.165, 1.54) is 19.1 Å². The van der Waals surface area contributed by atoms with Crippen LogP contribution < -0.4 is 4.72 Å². The second-order valence-corrected chi connectivity index (χ2v) is 9.58. The molecule has 0 bridgehead atoms. The summed E-state index contributed by atoms with van der Waals surface area (Å²) in [7, 11) is -1.78. The fourth-order valence-electron chi connectivity index (χ4n) is 1.99. The molecule has 3 unspecified atom stereocenters. The van der Waals surface area contributed by atoms with Crippen LogP contribution in [0.15, 0.2) is 22.7 Å². The molecular weight excluding hydrogens is 414 g/mol. The maximum absolute atomic E-state index is 14.2. The van der Waals surface area contributed by atoms with Crippen LogP contribution in [0.3, 0.4) is 0 Å². The highest BCUT2D eigenvalue weighted by atomic mass is 79.9. The Morgan fingerprint density at radius 3 is 2.25 bits per heavy atom. The van der Waals surface area contributed by atoms with Gasteiger partial charge in [-0.3, -0.25) is 0 Å².